The highest BCUT2D eigenvalue weighted by Gasteiger charge is 2.29. The van der Waals surface area contributed by atoms with Gasteiger partial charge in [-0.25, -0.2) is 0 Å². The Hall–Kier alpha value is -1.73. The number of likely N-dealkylation sites (tertiary alicyclic amines) is 1. The van der Waals surface area contributed by atoms with Gasteiger partial charge in [-0.05, 0) is 45.1 Å². The van der Waals surface area contributed by atoms with Gasteiger partial charge in [0.2, 0.25) is 5.89 Å². The molecule has 0 radical (unpaired) electrons. The highest BCUT2D eigenvalue weighted by Crippen LogP contribution is 2.31. The third-order valence-corrected chi connectivity index (χ3v) is 6.08. The van der Waals surface area contributed by atoms with Crippen LogP contribution < -0.4 is 0 Å². The molecule has 0 amide bonds. The third kappa shape index (κ3) is 5.00. The number of piperidine rings is 1. The minimum Gasteiger partial charge on any atom is -0.381 e. The molecule has 1 unspecified atom stereocenters. The Morgan fingerprint density at radius 1 is 1.18 bits per heavy atom. The van der Waals surface area contributed by atoms with Gasteiger partial charge in [-0.1, -0.05) is 24.4 Å². The van der Waals surface area contributed by atoms with Gasteiger partial charge in [-0.3, -0.25) is 9.58 Å². The Kier molecular flexibility index (Phi) is 6.75. The van der Waals surface area contributed by atoms with E-state index in [1.54, 1.807) is 0 Å². The first-order valence-electron chi connectivity index (χ1n) is 11.0. The summed E-state index contributed by atoms with van der Waals surface area (Å²) in [4.78, 5) is 7.15. The summed E-state index contributed by atoms with van der Waals surface area (Å²) in [5.74, 6) is 2.29. The van der Waals surface area contributed by atoms with Crippen LogP contribution in [-0.4, -0.2) is 44.6 Å². The van der Waals surface area contributed by atoms with Crippen LogP contribution >= 0.6 is 0 Å². The maximum atomic E-state index is 5.85. The van der Waals surface area contributed by atoms with Crippen molar-refractivity contribution in [1.82, 2.24) is 24.8 Å². The molecule has 0 bridgehead atoms. The zero-order chi connectivity index (χ0) is 19.2. The van der Waals surface area contributed by atoms with Gasteiger partial charge in [0.15, 0.2) is 5.82 Å². The molecule has 0 N–H and O–H groups in total. The van der Waals surface area contributed by atoms with Gasteiger partial charge in [0.1, 0.15) is 0 Å². The number of nitrogens with zero attached hydrogens (tertiary/aromatic N) is 5. The molecule has 1 aliphatic carbocycles. The van der Waals surface area contributed by atoms with Crippen molar-refractivity contribution >= 4 is 0 Å². The Morgan fingerprint density at radius 3 is 2.86 bits per heavy atom. The topological polar surface area (TPSA) is 69.2 Å². The Balaban J connectivity index is 1.30. The molecule has 3 heterocycles. The third-order valence-electron chi connectivity index (χ3n) is 6.08. The van der Waals surface area contributed by atoms with Crippen molar-refractivity contribution in [1.29, 1.82) is 0 Å². The molecule has 2 aromatic heterocycles. The van der Waals surface area contributed by atoms with Gasteiger partial charge in [0, 0.05) is 37.9 Å². The van der Waals surface area contributed by atoms with E-state index in [2.05, 4.69) is 28.3 Å². The van der Waals surface area contributed by atoms with Crippen LogP contribution in [0.1, 0.15) is 75.2 Å². The predicted molar refractivity (Wildman–Crippen MR) is 106 cm³/mol. The lowest BCUT2D eigenvalue weighted by Crippen LogP contribution is -2.33. The molecule has 2 aromatic rings. The van der Waals surface area contributed by atoms with Crippen molar-refractivity contribution < 1.29 is 9.26 Å². The van der Waals surface area contributed by atoms with Crippen molar-refractivity contribution in [3.8, 4) is 0 Å². The summed E-state index contributed by atoms with van der Waals surface area (Å²) in [5.41, 5.74) is 1.24. The molecule has 154 valence electrons. The molecule has 4 rings (SSSR count). The van der Waals surface area contributed by atoms with E-state index < -0.39 is 0 Å². The van der Waals surface area contributed by atoms with E-state index >= 15 is 0 Å². The Bertz CT molecular complexity index is 722. The zero-order valence-corrected chi connectivity index (χ0v) is 17.1. The average molecular weight is 388 g/mol. The molecule has 1 atom stereocenters. The van der Waals surface area contributed by atoms with E-state index in [-0.39, 0.29) is 6.04 Å². The number of aromatic nitrogens is 4. The number of hydrogen-bond donors (Lipinski definition) is 0. The highest BCUT2D eigenvalue weighted by atomic mass is 16.5. The van der Waals surface area contributed by atoms with Crippen LogP contribution in [0.5, 0.6) is 0 Å². The smallest absolute Gasteiger partial charge is 0.244 e. The second kappa shape index (κ2) is 9.65. The predicted octanol–water partition coefficient (Wildman–Crippen LogP) is 3.76. The first-order valence-corrected chi connectivity index (χ1v) is 11.0. The second-order valence-corrected chi connectivity index (χ2v) is 8.21. The molecule has 2 aliphatic rings. The van der Waals surface area contributed by atoms with E-state index in [0.29, 0.717) is 6.61 Å². The largest absolute Gasteiger partial charge is 0.381 e. The van der Waals surface area contributed by atoms with Crippen molar-refractivity contribution in [3.05, 3.63) is 29.7 Å². The van der Waals surface area contributed by atoms with E-state index in [0.717, 1.165) is 56.7 Å². The Morgan fingerprint density at radius 2 is 2.04 bits per heavy atom. The lowest BCUT2D eigenvalue weighted by atomic mass is 10.0. The number of rotatable bonds is 9. The molecule has 1 saturated heterocycles. The van der Waals surface area contributed by atoms with Crippen LogP contribution in [-0.2, 0) is 24.2 Å². The van der Waals surface area contributed by atoms with E-state index in [4.69, 9.17) is 14.2 Å². The molecule has 28 heavy (non-hydrogen) atoms. The first kappa shape index (κ1) is 19.6. The lowest BCUT2D eigenvalue weighted by molar-refractivity contribution is 0.102. The van der Waals surface area contributed by atoms with Gasteiger partial charge >= 0.3 is 0 Å². The van der Waals surface area contributed by atoms with Crippen molar-refractivity contribution in [2.45, 2.75) is 77.4 Å². The fourth-order valence-corrected chi connectivity index (χ4v) is 4.45. The van der Waals surface area contributed by atoms with E-state index in [1.165, 1.54) is 44.1 Å². The molecule has 2 fully saturated rings. The van der Waals surface area contributed by atoms with Crippen molar-refractivity contribution in [3.63, 3.8) is 0 Å². The van der Waals surface area contributed by atoms with Crippen molar-refractivity contribution in [2.24, 2.45) is 5.92 Å². The van der Waals surface area contributed by atoms with Crippen LogP contribution in [0.25, 0.3) is 0 Å². The molecule has 1 aliphatic heterocycles. The van der Waals surface area contributed by atoms with E-state index in [1.807, 2.05) is 10.9 Å². The van der Waals surface area contributed by atoms with Crippen LogP contribution in [0.2, 0.25) is 0 Å². The molecule has 1 saturated carbocycles. The molecule has 7 nitrogen and oxygen atoms in total. The normalized spacial score (nSPS) is 21.5. The maximum Gasteiger partial charge on any atom is 0.244 e. The summed E-state index contributed by atoms with van der Waals surface area (Å²) >= 11 is 0. The summed E-state index contributed by atoms with van der Waals surface area (Å²) < 4.78 is 13.5. The van der Waals surface area contributed by atoms with Crippen LogP contribution in [0.3, 0.4) is 0 Å². The Labute approximate surface area is 167 Å². The summed E-state index contributed by atoms with van der Waals surface area (Å²) in [5, 5.41) is 8.61. The summed E-state index contributed by atoms with van der Waals surface area (Å²) in [6.45, 7) is 6.51. The van der Waals surface area contributed by atoms with Crippen molar-refractivity contribution in [2.75, 3.05) is 19.8 Å². The highest BCUT2D eigenvalue weighted by molar-refractivity contribution is 5.06. The number of aryl methyl sites for hydroxylation is 1. The fraction of sp³-hybridized carbons (Fsp3) is 0.762. The van der Waals surface area contributed by atoms with Crippen LogP contribution in [0, 0.1) is 5.92 Å². The summed E-state index contributed by atoms with van der Waals surface area (Å²) in [6.07, 6.45) is 13.7. The first-order chi connectivity index (χ1) is 13.8. The quantitative estimate of drug-likeness (QED) is 0.610. The van der Waals surface area contributed by atoms with Crippen LogP contribution in [0.15, 0.2) is 16.9 Å². The molecular weight excluding hydrogens is 354 g/mol. The lowest BCUT2D eigenvalue weighted by Gasteiger charge is -2.32. The maximum absolute atomic E-state index is 5.85. The fourth-order valence-electron chi connectivity index (χ4n) is 4.45. The summed E-state index contributed by atoms with van der Waals surface area (Å²) in [7, 11) is 0. The SMILES string of the molecule is CCn1cc(CN2CCCCC2c2nc(CCOCC3CCCC3)no2)cn1. The second-order valence-electron chi connectivity index (χ2n) is 8.21. The standard InChI is InChI=1S/C21H33N5O2/c1-2-26-15-18(13-22-26)14-25-11-6-5-9-19(25)21-23-20(24-28-21)10-12-27-16-17-7-3-4-8-17/h13,15,17,19H,2-12,14,16H2,1H3. The molecule has 0 aromatic carbocycles. The van der Waals surface area contributed by atoms with Gasteiger partial charge in [-0.2, -0.15) is 10.1 Å². The summed E-state index contributed by atoms with van der Waals surface area (Å²) in [6, 6.07) is 0.208. The minimum absolute atomic E-state index is 0.208. The molecular formula is C21H33N5O2. The number of hydrogen-bond acceptors (Lipinski definition) is 6. The molecule has 0 spiro atoms. The monoisotopic (exact) mass is 387 g/mol. The van der Waals surface area contributed by atoms with Crippen LogP contribution in [0.4, 0.5) is 0 Å². The zero-order valence-electron chi connectivity index (χ0n) is 17.1. The van der Waals surface area contributed by atoms with Gasteiger partial charge in [0.05, 0.1) is 18.8 Å². The molecule has 7 heteroatoms. The minimum atomic E-state index is 0.208. The number of ether oxygens (including phenoxy) is 1. The van der Waals surface area contributed by atoms with Gasteiger partial charge in [-0.15, -0.1) is 0 Å². The van der Waals surface area contributed by atoms with E-state index in [9.17, 15) is 0 Å². The van der Waals surface area contributed by atoms with Gasteiger partial charge in [0.25, 0.3) is 0 Å². The average Bonchev–Trinajstić information content (AvgIpc) is 3.48. The van der Waals surface area contributed by atoms with Gasteiger partial charge < -0.3 is 9.26 Å².